The van der Waals surface area contributed by atoms with Crippen molar-refractivity contribution in [3.63, 3.8) is 0 Å². The summed E-state index contributed by atoms with van der Waals surface area (Å²) in [7, 11) is 0. The van der Waals surface area contributed by atoms with Crippen molar-refractivity contribution < 1.29 is 157 Å². The average Bonchev–Trinajstić information content (AvgIpc) is 0.761. The van der Waals surface area contributed by atoms with Crippen LogP contribution in [0.2, 0.25) is 10.0 Å². The summed E-state index contributed by atoms with van der Waals surface area (Å²) in [4.78, 5) is 142. The molecule has 141 heavy (non-hydrogen) atoms. The quantitative estimate of drug-likeness (QED) is 0.0247. The Kier molecular flexibility index (Phi) is 35.8. The highest BCUT2D eigenvalue weighted by Crippen LogP contribution is 2.50. The van der Waals surface area contributed by atoms with Crippen molar-refractivity contribution in [1.82, 2.24) is 52.8 Å². The molecule has 7 aromatic carbocycles. The Morgan fingerprint density at radius 1 is 0.511 bits per heavy atom. The first-order valence-electron chi connectivity index (χ1n) is 45.5. The van der Waals surface area contributed by atoms with Crippen LogP contribution >= 0.6 is 23.2 Å². The molecule has 7 aromatic rings. The number of ether oxygens (including phenoxy) is 9. The number of nitrogens with zero attached hydrogens (tertiary/aromatic N) is 1. The van der Waals surface area contributed by atoms with Crippen LogP contribution in [-0.2, 0) is 68.5 Å². The van der Waals surface area contributed by atoms with Crippen LogP contribution in [0.25, 0.3) is 0 Å². The summed E-state index contributed by atoms with van der Waals surface area (Å²) in [5.74, 6) is -16.8. The van der Waals surface area contributed by atoms with Crippen LogP contribution in [0, 0.1) is 5.92 Å². The lowest BCUT2D eigenvalue weighted by atomic mass is 9.95. The Hall–Kier alpha value is -12.2. The van der Waals surface area contributed by atoms with E-state index in [4.69, 9.17) is 83.0 Å². The molecule has 15 rings (SSSR count). The Bertz CT molecular complexity index is 5640. The van der Waals surface area contributed by atoms with Crippen molar-refractivity contribution in [2.75, 3.05) is 59.1 Å². The van der Waals surface area contributed by atoms with Crippen LogP contribution in [0.3, 0.4) is 0 Å². The number of nitrogens with one attached hydrogen (secondary N) is 9. The maximum Gasteiger partial charge on any atom is 0.248 e. The minimum Gasteiger partial charge on any atom is -0.508 e. The predicted octanol–water partition coefficient (Wildman–Crippen LogP) is -0.710. The molecule has 23 atom stereocenters. The number of aliphatic hydroxyl groups excluding tert-OH is 10. The first-order valence-corrected chi connectivity index (χ1v) is 46.3. The highest BCUT2D eigenvalue weighted by Gasteiger charge is 2.52. The Balaban J connectivity index is 1.05. The molecule has 0 aliphatic carbocycles. The van der Waals surface area contributed by atoms with Crippen LogP contribution in [0.4, 0.5) is 0 Å². The third-order valence-electron chi connectivity index (χ3n) is 24.4. The molecule has 9 amide bonds. The number of benzene rings is 7. The maximum atomic E-state index is 16.9. The minimum absolute atomic E-state index is 0.0383. The lowest BCUT2D eigenvalue weighted by molar-refractivity contribution is -0.284. The lowest BCUT2D eigenvalue weighted by Gasteiger charge is -2.44. The number of rotatable bonds is 30. The largest absolute Gasteiger partial charge is 0.508 e. The second-order valence-corrected chi connectivity index (χ2v) is 36.0. The summed E-state index contributed by atoms with van der Waals surface area (Å²) in [6, 6.07) is 4.62. The highest BCUT2D eigenvalue weighted by atomic mass is 35.5. The molecule has 3 saturated heterocycles. The van der Waals surface area contributed by atoms with Crippen LogP contribution in [0.1, 0.15) is 135 Å². The molecule has 47 heteroatoms. The number of nitrogens with two attached hydrogens (primary N) is 3. The number of hydrogen-bond donors (Lipinski definition) is 26. The van der Waals surface area contributed by atoms with Crippen molar-refractivity contribution in [3.05, 3.63) is 176 Å². The number of amides is 9. The van der Waals surface area contributed by atoms with E-state index in [0.717, 1.165) is 123 Å². The molecule has 29 N–H and O–H groups in total. The normalized spacial score (nSPS) is 27.1. The number of phenolic OH excluding ortho intramolecular Hbond substituents is 4. The number of unbranched alkanes of at least 4 members (excludes halogenated alkanes) is 3. The van der Waals surface area contributed by atoms with Crippen LogP contribution in [0.15, 0.2) is 127 Å². The third-order valence-corrected chi connectivity index (χ3v) is 25.0. The van der Waals surface area contributed by atoms with Gasteiger partial charge in [-0.25, -0.2) is 0 Å². The number of phenols is 4. The van der Waals surface area contributed by atoms with Crippen molar-refractivity contribution in [2.45, 2.75) is 206 Å². The van der Waals surface area contributed by atoms with Gasteiger partial charge in [0.05, 0.1) is 29.9 Å². The number of aromatic hydroxyl groups is 4. The maximum absolute atomic E-state index is 16.9. The van der Waals surface area contributed by atoms with Gasteiger partial charge in [-0.1, -0.05) is 93.1 Å². The summed E-state index contributed by atoms with van der Waals surface area (Å²) in [5, 5.41) is 180. The van der Waals surface area contributed by atoms with Crippen LogP contribution in [-0.4, -0.2) is 293 Å². The molecule has 8 aliphatic heterocycles. The van der Waals surface area contributed by atoms with Gasteiger partial charge >= 0.3 is 0 Å². The van der Waals surface area contributed by atoms with Crippen molar-refractivity contribution >= 4 is 76.4 Å². The van der Waals surface area contributed by atoms with Crippen LogP contribution < -0.4 is 88.7 Å². The van der Waals surface area contributed by atoms with Crippen molar-refractivity contribution in [1.29, 1.82) is 0 Å². The summed E-state index contributed by atoms with van der Waals surface area (Å²) in [6.07, 6.45) is -25.0. The second kappa shape index (κ2) is 47.6. The summed E-state index contributed by atoms with van der Waals surface area (Å²) < 4.78 is 57.6. The number of hydrogen-bond acceptors (Lipinski definition) is 36. The van der Waals surface area contributed by atoms with Gasteiger partial charge in [0.1, 0.15) is 162 Å². The van der Waals surface area contributed by atoms with Gasteiger partial charge in [0.15, 0.2) is 29.3 Å². The van der Waals surface area contributed by atoms with E-state index in [-0.39, 0.29) is 95.8 Å². The molecule has 0 radical (unpaired) electrons. The van der Waals surface area contributed by atoms with Gasteiger partial charge in [0, 0.05) is 71.2 Å². The summed E-state index contributed by atoms with van der Waals surface area (Å²) in [5.41, 5.74) is 16.7. The minimum atomic E-state index is -2.57. The van der Waals surface area contributed by atoms with E-state index in [1.165, 1.54) is 30.3 Å². The first kappa shape index (κ1) is 106. The van der Waals surface area contributed by atoms with Gasteiger partial charge in [-0.15, -0.1) is 0 Å². The van der Waals surface area contributed by atoms with Gasteiger partial charge in [0.25, 0.3) is 0 Å². The second-order valence-electron chi connectivity index (χ2n) is 35.2. The fraction of sp³-hybridized carbons (Fsp3) is 0.457. The van der Waals surface area contributed by atoms with E-state index in [1.54, 1.807) is 4.90 Å². The van der Waals surface area contributed by atoms with Gasteiger partial charge < -0.3 is 179 Å². The Morgan fingerprint density at radius 2 is 1.06 bits per heavy atom. The van der Waals surface area contributed by atoms with Crippen molar-refractivity contribution in [3.8, 4) is 69.0 Å². The molecular formula is C94H115Cl2N13O32. The van der Waals surface area contributed by atoms with E-state index in [0.29, 0.717) is 18.8 Å². The zero-order chi connectivity index (χ0) is 102. The number of carbonyl (C=O) groups is 9. The third kappa shape index (κ3) is 25.8. The summed E-state index contributed by atoms with van der Waals surface area (Å²) in [6.45, 7) is 2.66. The molecule has 23 unspecified atom stereocenters. The van der Waals surface area contributed by atoms with E-state index >= 15 is 28.8 Å². The number of carbonyl (C=O) groups excluding carboxylic acids is 9. The fourth-order valence-corrected chi connectivity index (χ4v) is 17.5. The highest BCUT2D eigenvalue weighted by molar-refractivity contribution is 6.32. The molecule has 13 bridgehead atoms. The topological polar surface area (TPSA) is 709 Å². The van der Waals surface area contributed by atoms with E-state index in [9.17, 15) is 85.9 Å². The van der Waals surface area contributed by atoms with Crippen molar-refractivity contribution in [2.24, 2.45) is 23.1 Å². The zero-order valence-corrected chi connectivity index (χ0v) is 77.9. The SMILES string of the molecule is CC(=O)NC1C(OC2c3ccc(c(Cl)c3)Oc3cc4cc(c3OC3OC(CO)C(O)C(O)C3NC(=O)CCCCCCC(C)C)Oc3ccc(cc3Cl)CC3NC(=O)C(N)c5ccc(O)c(c5)Oc5cc(O)cc(c5)C(NC3=O)C(=O)NC4C(=O)NC(c3ccc(O)cc3)C(=O)NC2C(=O)NC(C(=O)NCCN(CCN)CCN)c2cc(O)cc(OC3OC(CO)C(O)C(O)C3O)c2)OC(CO)C(O)C1O. The zero-order valence-electron chi connectivity index (χ0n) is 76.3. The molecular weight excluding hydrogens is 1890 g/mol. The molecule has 0 saturated carbocycles. The Labute approximate surface area is 816 Å². The van der Waals surface area contributed by atoms with Crippen LogP contribution in [0.5, 0.6) is 69.0 Å². The first-order chi connectivity index (χ1) is 67.3. The Morgan fingerprint density at radius 3 is 1.68 bits per heavy atom. The number of fused-ring (bicyclic) bond motifs is 15. The molecule has 0 aromatic heterocycles. The predicted molar refractivity (Wildman–Crippen MR) is 494 cm³/mol. The molecule has 3 fully saturated rings. The lowest BCUT2D eigenvalue weighted by Crippen LogP contribution is -2.65. The standard InChI is InChI=1S/C94H115Cl2N13O32/c1-41(2)8-6-4-5-7-9-67(118)103-74-80(123)77(120)65(39-111)138-93(74)141-84-62-34-49-35-63(84)136-60-19-14-46(32-56(60)96)83(140-92-73(101-42(3)113)79(122)76(119)64(38-110)137-92)75(91(132)106-70(87(128)100-22-25-109(23-20-97)24-21-98)47-28-52(116)37-54(31-47)134-94-82(125)81(124)78(121)66(40-112)139-94)108-88(129)69(44-11-15-50(114)16-12-44)105-90(131)72(49)107-89(130)71-48-29-51(115)36-53(30-48)133-61-33-45(13-17-58(61)117)68(99)86(127)102-57(85(126)104-71)27-43-10-18-59(135-62)55(95)26-43/h10-19,26,28-37,41,57,64-66,68-83,92-94,110-112,114-117,119-125H,4-9,20-25,27,38-40,97-99H2,1-3H3,(H,100,128)(H,101,113)(H,102,127)(H,103,118)(H,104,126)(H,105,131)(H,106,132)(H,107,130)(H,108,129). The van der Waals surface area contributed by atoms with Gasteiger partial charge in [-0.3, -0.25) is 48.1 Å². The van der Waals surface area contributed by atoms with E-state index in [1.807, 2.05) is 0 Å². The van der Waals surface area contributed by atoms with E-state index < -0.39 is 288 Å². The molecule has 8 heterocycles. The average molecular weight is 2010 g/mol. The smallest absolute Gasteiger partial charge is 0.248 e. The summed E-state index contributed by atoms with van der Waals surface area (Å²) >= 11 is 14.9. The van der Waals surface area contributed by atoms with Gasteiger partial charge in [-0.2, -0.15) is 0 Å². The number of halogens is 2. The molecule has 762 valence electrons. The monoisotopic (exact) mass is 2010 g/mol. The van der Waals surface area contributed by atoms with Gasteiger partial charge in [0.2, 0.25) is 71.5 Å². The molecule has 45 nitrogen and oxygen atoms in total. The number of aliphatic hydroxyl groups is 10. The molecule has 0 spiro atoms. The fourth-order valence-electron chi connectivity index (χ4n) is 17.0. The molecule has 8 aliphatic rings. The van der Waals surface area contributed by atoms with E-state index in [2.05, 4.69) is 61.7 Å². The van der Waals surface area contributed by atoms with Gasteiger partial charge in [-0.05, 0) is 136 Å².